The predicted octanol–water partition coefficient (Wildman–Crippen LogP) is 1.17. The van der Waals surface area contributed by atoms with Gasteiger partial charge in [0.15, 0.2) is 0 Å². The molecule has 1 aromatic heterocycles. The molecule has 1 aromatic rings. The van der Waals surface area contributed by atoms with Gasteiger partial charge in [0.05, 0.1) is 11.2 Å². The number of hydrogen-bond acceptors (Lipinski definition) is 4. The van der Waals surface area contributed by atoms with E-state index in [1.807, 2.05) is 19.4 Å². The van der Waals surface area contributed by atoms with Gasteiger partial charge in [0, 0.05) is 24.6 Å². The first-order chi connectivity index (χ1) is 6.24. The van der Waals surface area contributed by atoms with Crippen LogP contribution in [0.4, 0.5) is 0 Å². The molecule has 0 bridgehead atoms. The minimum atomic E-state index is 0.245. The molecule has 0 spiro atoms. The van der Waals surface area contributed by atoms with Gasteiger partial charge in [0.1, 0.15) is 0 Å². The van der Waals surface area contributed by atoms with Gasteiger partial charge >= 0.3 is 0 Å². The molecule has 0 aromatic carbocycles. The molecule has 0 amide bonds. The van der Waals surface area contributed by atoms with Crippen molar-refractivity contribution in [3.8, 4) is 0 Å². The van der Waals surface area contributed by atoms with E-state index in [4.69, 9.17) is 5.11 Å². The van der Waals surface area contributed by atoms with Crippen molar-refractivity contribution in [2.75, 3.05) is 13.2 Å². The Morgan fingerprint density at radius 3 is 3.00 bits per heavy atom. The first-order valence-corrected chi connectivity index (χ1v) is 5.32. The van der Waals surface area contributed by atoms with Crippen LogP contribution in [0.2, 0.25) is 0 Å². The Bertz CT molecular complexity index is 250. The van der Waals surface area contributed by atoms with E-state index in [0.717, 1.165) is 18.8 Å². The Morgan fingerprint density at radius 2 is 2.46 bits per heavy atom. The smallest absolute Gasteiger partial charge is 0.0798 e. The van der Waals surface area contributed by atoms with Crippen LogP contribution in [0.3, 0.4) is 0 Å². The second-order valence-electron chi connectivity index (χ2n) is 3.28. The van der Waals surface area contributed by atoms with Gasteiger partial charge in [-0.2, -0.15) is 0 Å². The van der Waals surface area contributed by atoms with Crippen LogP contribution in [-0.4, -0.2) is 23.2 Å². The number of aromatic nitrogens is 1. The lowest BCUT2D eigenvalue weighted by molar-refractivity contribution is 0.233. The molecule has 0 radical (unpaired) electrons. The van der Waals surface area contributed by atoms with Gasteiger partial charge in [-0.1, -0.05) is 6.92 Å². The first-order valence-electron chi connectivity index (χ1n) is 4.44. The van der Waals surface area contributed by atoms with E-state index in [9.17, 15) is 0 Å². The largest absolute Gasteiger partial charge is 0.396 e. The summed E-state index contributed by atoms with van der Waals surface area (Å²) in [6, 6.07) is 0. The van der Waals surface area contributed by atoms with E-state index in [-0.39, 0.29) is 6.61 Å². The molecular weight excluding hydrogens is 184 g/mol. The van der Waals surface area contributed by atoms with Crippen LogP contribution in [0.15, 0.2) is 5.51 Å². The summed E-state index contributed by atoms with van der Waals surface area (Å²) in [5, 5.41) is 12.1. The molecular formula is C9H16N2OS. The fraction of sp³-hybridized carbons (Fsp3) is 0.667. The lowest BCUT2D eigenvalue weighted by Gasteiger charge is -2.08. The maximum Gasteiger partial charge on any atom is 0.0798 e. The highest BCUT2D eigenvalue weighted by molar-refractivity contribution is 7.09. The highest BCUT2D eigenvalue weighted by Gasteiger charge is 2.02. The average Bonchev–Trinajstić information content (AvgIpc) is 2.52. The third kappa shape index (κ3) is 3.42. The monoisotopic (exact) mass is 200 g/mol. The normalized spacial score (nSPS) is 13.2. The van der Waals surface area contributed by atoms with E-state index < -0.39 is 0 Å². The molecule has 1 rings (SSSR count). The summed E-state index contributed by atoms with van der Waals surface area (Å²) in [6.07, 6.45) is 0. The van der Waals surface area contributed by atoms with Crippen LogP contribution in [0.25, 0.3) is 0 Å². The molecule has 13 heavy (non-hydrogen) atoms. The fourth-order valence-electron chi connectivity index (χ4n) is 0.993. The summed E-state index contributed by atoms with van der Waals surface area (Å²) in [4.78, 5) is 5.45. The maximum atomic E-state index is 8.80. The quantitative estimate of drug-likeness (QED) is 0.750. The topological polar surface area (TPSA) is 45.2 Å². The van der Waals surface area contributed by atoms with Crippen molar-refractivity contribution in [2.45, 2.75) is 20.4 Å². The van der Waals surface area contributed by atoms with Crippen molar-refractivity contribution < 1.29 is 5.11 Å². The second kappa shape index (κ2) is 5.32. The van der Waals surface area contributed by atoms with Crippen molar-refractivity contribution in [1.82, 2.24) is 10.3 Å². The van der Waals surface area contributed by atoms with Gasteiger partial charge in [-0.05, 0) is 12.8 Å². The Balaban J connectivity index is 2.24. The molecule has 0 aliphatic heterocycles. The van der Waals surface area contributed by atoms with Crippen LogP contribution in [0.1, 0.15) is 17.5 Å². The van der Waals surface area contributed by atoms with E-state index >= 15 is 0 Å². The van der Waals surface area contributed by atoms with E-state index in [2.05, 4.69) is 10.3 Å². The molecule has 4 heteroatoms. The fourth-order valence-corrected chi connectivity index (χ4v) is 1.74. The van der Waals surface area contributed by atoms with E-state index in [0.29, 0.717) is 5.92 Å². The number of nitrogens with one attached hydrogen (secondary N) is 1. The van der Waals surface area contributed by atoms with Crippen molar-refractivity contribution in [1.29, 1.82) is 0 Å². The number of aliphatic hydroxyl groups is 1. The summed E-state index contributed by atoms with van der Waals surface area (Å²) < 4.78 is 0. The maximum absolute atomic E-state index is 8.80. The molecule has 0 aliphatic rings. The summed E-state index contributed by atoms with van der Waals surface area (Å²) >= 11 is 1.67. The van der Waals surface area contributed by atoms with Crippen molar-refractivity contribution >= 4 is 11.3 Å². The third-order valence-electron chi connectivity index (χ3n) is 1.93. The Kier molecular flexibility index (Phi) is 4.35. The zero-order valence-electron chi connectivity index (χ0n) is 8.08. The molecule has 2 N–H and O–H groups in total. The van der Waals surface area contributed by atoms with Gasteiger partial charge < -0.3 is 10.4 Å². The minimum Gasteiger partial charge on any atom is -0.396 e. The summed E-state index contributed by atoms with van der Waals surface area (Å²) in [5.41, 5.74) is 2.97. The van der Waals surface area contributed by atoms with Crippen molar-refractivity contribution in [2.24, 2.45) is 5.92 Å². The molecule has 0 saturated heterocycles. The summed E-state index contributed by atoms with van der Waals surface area (Å²) in [5.74, 6) is 0.327. The summed E-state index contributed by atoms with van der Waals surface area (Å²) in [6.45, 7) is 6.00. The predicted molar refractivity (Wildman–Crippen MR) is 54.8 cm³/mol. The van der Waals surface area contributed by atoms with Gasteiger partial charge in [0.2, 0.25) is 0 Å². The number of nitrogens with zero attached hydrogens (tertiary/aromatic N) is 1. The second-order valence-corrected chi connectivity index (χ2v) is 4.22. The number of hydrogen-bond donors (Lipinski definition) is 2. The SMILES string of the molecule is Cc1ncsc1CNCC(C)CO. The van der Waals surface area contributed by atoms with Crippen molar-refractivity contribution in [3.05, 3.63) is 16.1 Å². The lowest BCUT2D eigenvalue weighted by Crippen LogP contribution is -2.22. The first kappa shape index (κ1) is 10.6. The number of thiazole rings is 1. The molecule has 1 unspecified atom stereocenters. The number of aryl methyl sites for hydroxylation is 1. The zero-order valence-corrected chi connectivity index (χ0v) is 8.90. The van der Waals surface area contributed by atoms with Gasteiger partial charge in [0.25, 0.3) is 0 Å². The lowest BCUT2D eigenvalue weighted by atomic mass is 10.2. The molecule has 74 valence electrons. The molecule has 1 atom stereocenters. The number of rotatable bonds is 5. The van der Waals surface area contributed by atoms with Gasteiger partial charge in [-0.3, -0.25) is 0 Å². The van der Waals surface area contributed by atoms with Crippen LogP contribution in [-0.2, 0) is 6.54 Å². The minimum absolute atomic E-state index is 0.245. The van der Waals surface area contributed by atoms with Gasteiger partial charge in [-0.25, -0.2) is 4.98 Å². The zero-order chi connectivity index (χ0) is 9.68. The van der Waals surface area contributed by atoms with Crippen molar-refractivity contribution in [3.63, 3.8) is 0 Å². The highest BCUT2D eigenvalue weighted by Crippen LogP contribution is 2.11. The standard InChI is InChI=1S/C9H16N2OS/c1-7(5-12)3-10-4-9-8(2)11-6-13-9/h6-7,10,12H,3-5H2,1-2H3. The van der Waals surface area contributed by atoms with E-state index in [1.165, 1.54) is 4.88 Å². The number of aliphatic hydroxyl groups excluding tert-OH is 1. The molecule has 3 nitrogen and oxygen atoms in total. The summed E-state index contributed by atoms with van der Waals surface area (Å²) in [7, 11) is 0. The molecule has 0 saturated carbocycles. The van der Waals surface area contributed by atoms with Crippen LogP contribution < -0.4 is 5.32 Å². The Labute approximate surface area is 82.8 Å². The average molecular weight is 200 g/mol. The van der Waals surface area contributed by atoms with Crippen LogP contribution in [0, 0.1) is 12.8 Å². The van der Waals surface area contributed by atoms with Crippen LogP contribution in [0.5, 0.6) is 0 Å². The Morgan fingerprint density at radius 1 is 1.69 bits per heavy atom. The van der Waals surface area contributed by atoms with Gasteiger partial charge in [-0.15, -0.1) is 11.3 Å². The molecule has 0 fully saturated rings. The Hall–Kier alpha value is -0.450. The third-order valence-corrected chi connectivity index (χ3v) is 2.87. The highest BCUT2D eigenvalue weighted by atomic mass is 32.1. The molecule has 1 heterocycles. The molecule has 0 aliphatic carbocycles. The van der Waals surface area contributed by atoms with Crippen LogP contribution >= 0.6 is 11.3 Å². The van der Waals surface area contributed by atoms with E-state index in [1.54, 1.807) is 11.3 Å².